The van der Waals surface area contributed by atoms with Gasteiger partial charge in [0.1, 0.15) is 8.16 Å². The third kappa shape index (κ3) is 5.71. The van der Waals surface area contributed by atoms with Crippen molar-refractivity contribution in [2.24, 2.45) is 0 Å². The number of benzene rings is 2. The zero-order valence-electron chi connectivity index (χ0n) is 26.5. The number of carbonyl (C=O) groups is 2. The van der Waals surface area contributed by atoms with Crippen molar-refractivity contribution in [2.75, 3.05) is 39.6 Å². The Hall–Kier alpha value is -2.18. The van der Waals surface area contributed by atoms with Gasteiger partial charge in [-0.3, -0.25) is 0 Å². The molecule has 16 heteroatoms. The highest BCUT2D eigenvalue weighted by atomic mass is 32.2. The summed E-state index contributed by atoms with van der Waals surface area (Å²) in [6.07, 6.45) is 1.77. The third-order valence-corrected chi connectivity index (χ3v) is 13.7. The second kappa shape index (κ2) is 12.3. The minimum atomic E-state index is -1.19. The van der Waals surface area contributed by atoms with Gasteiger partial charge in [-0.25, -0.2) is 9.59 Å². The molecule has 4 aliphatic rings. The second-order valence-electron chi connectivity index (χ2n) is 11.9. The van der Waals surface area contributed by atoms with Gasteiger partial charge in [0.05, 0.1) is 50.8 Å². The summed E-state index contributed by atoms with van der Waals surface area (Å²) in [5, 5.41) is 41.8. The van der Waals surface area contributed by atoms with E-state index in [0.717, 1.165) is 23.5 Å². The summed E-state index contributed by atoms with van der Waals surface area (Å²) < 4.78 is 33.6. The maximum atomic E-state index is 13.6. The maximum absolute atomic E-state index is 13.6. The lowest BCUT2D eigenvalue weighted by Gasteiger charge is -2.22. The van der Waals surface area contributed by atoms with E-state index in [0.29, 0.717) is 30.7 Å². The van der Waals surface area contributed by atoms with Crippen molar-refractivity contribution >= 4 is 59.0 Å². The topological polar surface area (TPSA) is 170 Å². The van der Waals surface area contributed by atoms with Crippen LogP contribution in [0, 0.1) is 6.42 Å². The van der Waals surface area contributed by atoms with E-state index < -0.39 is 58.1 Å². The van der Waals surface area contributed by atoms with Crippen molar-refractivity contribution in [3.8, 4) is 23.0 Å². The number of hydrogen-bond acceptors (Lipinski definition) is 16. The fourth-order valence-corrected chi connectivity index (χ4v) is 11.4. The molecular weight excluding hydrogens is 693 g/mol. The molecule has 0 fully saturated rings. The SMILES string of the molecule is CCOC(=O)c1c2c(c([CH]c3c4c(c(C(=O)OCC)c5c3SC(CO)(CO)S5)SC(CO)(CO)S4)c3c1OC(C)(C)O3)OC(C)(C)O2. The van der Waals surface area contributed by atoms with E-state index in [4.69, 9.17) is 28.4 Å². The summed E-state index contributed by atoms with van der Waals surface area (Å²) in [7, 11) is 0. The lowest BCUT2D eigenvalue weighted by Crippen LogP contribution is -2.31. The molecule has 0 atom stereocenters. The lowest BCUT2D eigenvalue weighted by atomic mass is 9.98. The van der Waals surface area contributed by atoms with Gasteiger partial charge in [-0.15, -0.1) is 47.0 Å². The molecule has 4 heterocycles. The van der Waals surface area contributed by atoms with E-state index in [1.54, 1.807) is 48.0 Å². The molecule has 255 valence electrons. The molecule has 0 saturated heterocycles. The monoisotopic (exact) mass is 727 g/mol. The van der Waals surface area contributed by atoms with Crippen LogP contribution in [0.3, 0.4) is 0 Å². The van der Waals surface area contributed by atoms with Gasteiger partial charge in [0.2, 0.25) is 11.6 Å². The van der Waals surface area contributed by atoms with Crippen molar-refractivity contribution in [3.05, 3.63) is 28.7 Å². The Morgan fingerprint density at radius 1 is 0.596 bits per heavy atom. The highest BCUT2D eigenvalue weighted by Gasteiger charge is 2.51. The smallest absolute Gasteiger partial charge is 0.346 e. The number of carbonyl (C=O) groups excluding carboxylic acids is 2. The van der Waals surface area contributed by atoms with Gasteiger partial charge in [-0.05, 0) is 19.4 Å². The number of rotatable bonds is 10. The molecule has 0 amide bonds. The van der Waals surface area contributed by atoms with E-state index >= 15 is 0 Å². The van der Waals surface area contributed by atoms with Gasteiger partial charge in [-0.2, -0.15) is 0 Å². The van der Waals surface area contributed by atoms with Crippen LogP contribution in [0.4, 0.5) is 0 Å². The van der Waals surface area contributed by atoms with Crippen LogP contribution in [0.5, 0.6) is 23.0 Å². The molecule has 1 radical (unpaired) electrons. The number of thioether (sulfide) groups is 4. The third-order valence-electron chi connectivity index (χ3n) is 7.47. The van der Waals surface area contributed by atoms with Gasteiger partial charge in [-0.1, -0.05) is 0 Å². The molecule has 6 rings (SSSR count). The molecule has 2 aromatic rings. The van der Waals surface area contributed by atoms with E-state index in [2.05, 4.69) is 0 Å². The van der Waals surface area contributed by atoms with Crippen LogP contribution in [0.25, 0.3) is 0 Å². The molecule has 4 aliphatic heterocycles. The summed E-state index contributed by atoms with van der Waals surface area (Å²) in [5.74, 6) is -3.03. The first-order valence-electron chi connectivity index (χ1n) is 14.8. The fourth-order valence-electron chi connectivity index (χ4n) is 5.50. The van der Waals surface area contributed by atoms with Crippen molar-refractivity contribution in [2.45, 2.75) is 80.9 Å². The summed E-state index contributed by atoms with van der Waals surface area (Å²) in [5.41, 5.74) is 1.18. The highest BCUT2D eigenvalue weighted by Crippen LogP contribution is 2.67. The number of hydrogen-bond donors (Lipinski definition) is 4. The first-order valence-corrected chi connectivity index (χ1v) is 18.1. The molecule has 12 nitrogen and oxygen atoms in total. The Morgan fingerprint density at radius 2 is 0.957 bits per heavy atom. The minimum absolute atomic E-state index is 0.0206. The van der Waals surface area contributed by atoms with Gasteiger partial charge < -0.3 is 48.8 Å². The van der Waals surface area contributed by atoms with Crippen LogP contribution in [0.1, 0.15) is 73.4 Å². The Bertz CT molecular complexity index is 1550. The highest BCUT2D eigenvalue weighted by molar-refractivity contribution is 8.22. The average Bonchev–Trinajstić information content (AvgIpc) is 3.76. The van der Waals surface area contributed by atoms with Crippen molar-refractivity contribution in [1.29, 1.82) is 0 Å². The van der Waals surface area contributed by atoms with Crippen LogP contribution in [-0.2, 0) is 9.47 Å². The van der Waals surface area contributed by atoms with Crippen LogP contribution < -0.4 is 18.9 Å². The van der Waals surface area contributed by atoms with E-state index in [9.17, 15) is 30.0 Å². The molecule has 0 spiro atoms. The van der Waals surface area contributed by atoms with Crippen LogP contribution >= 0.6 is 47.0 Å². The average molecular weight is 728 g/mol. The number of aliphatic hydroxyl groups excluding tert-OH is 4. The van der Waals surface area contributed by atoms with E-state index in [1.165, 1.54) is 23.5 Å². The van der Waals surface area contributed by atoms with Crippen LogP contribution in [-0.4, -0.2) is 91.7 Å². The Labute approximate surface area is 288 Å². The normalized spacial score (nSPS) is 19.8. The predicted molar refractivity (Wildman–Crippen MR) is 175 cm³/mol. The number of aliphatic hydroxyl groups is 4. The van der Waals surface area contributed by atoms with Crippen molar-refractivity contribution in [3.63, 3.8) is 0 Å². The summed E-state index contributed by atoms with van der Waals surface area (Å²) in [6, 6.07) is 0. The standard InChI is InChI=1S/C31H35O12S4/c1-7-38-26(36)16-20-18(40-28(3,4)42-20)14(19-21(16)43-29(5,6)41-19)9-15-22-24(46-30(10-32,11-33)44-22)17(27(37)39-8-2)25-23(15)45-31(12-34,13-35)47-25/h9,32-35H,7-8,10-13H2,1-6H3. The Kier molecular flexibility index (Phi) is 9.07. The van der Waals surface area contributed by atoms with Gasteiger partial charge in [0.25, 0.3) is 0 Å². The Morgan fingerprint density at radius 3 is 1.34 bits per heavy atom. The molecule has 0 unspecified atom stereocenters. The maximum Gasteiger partial charge on any atom is 0.346 e. The molecular formula is C31H35O12S4. The number of esters is 2. The molecule has 0 aliphatic carbocycles. The van der Waals surface area contributed by atoms with Gasteiger partial charge in [0.15, 0.2) is 28.6 Å². The summed E-state index contributed by atoms with van der Waals surface area (Å²) in [6.45, 7) is 8.72. The molecule has 0 bridgehead atoms. The van der Waals surface area contributed by atoms with Crippen molar-refractivity contribution in [1.82, 2.24) is 0 Å². The molecule has 47 heavy (non-hydrogen) atoms. The minimum Gasteiger partial charge on any atom is -0.462 e. The van der Waals surface area contributed by atoms with E-state index in [-0.39, 0.29) is 47.3 Å². The predicted octanol–water partition coefficient (Wildman–Crippen LogP) is 4.41. The second-order valence-corrected chi connectivity index (χ2v) is 18.0. The molecule has 4 N–H and O–H groups in total. The van der Waals surface area contributed by atoms with Gasteiger partial charge >= 0.3 is 11.9 Å². The first-order chi connectivity index (χ1) is 22.2. The first kappa shape index (κ1) is 34.7. The summed E-state index contributed by atoms with van der Waals surface area (Å²) >= 11 is 4.71. The van der Waals surface area contributed by atoms with Crippen molar-refractivity contribution < 1.29 is 58.4 Å². The quantitative estimate of drug-likeness (QED) is 0.254. The summed E-state index contributed by atoms with van der Waals surface area (Å²) in [4.78, 5) is 29.0. The number of ether oxygens (including phenoxy) is 6. The largest absolute Gasteiger partial charge is 0.462 e. The lowest BCUT2D eigenvalue weighted by molar-refractivity contribution is -0.0491. The zero-order valence-corrected chi connectivity index (χ0v) is 29.8. The molecule has 0 saturated carbocycles. The fraction of sp³-hybridized carbons (Fsp3) is 0.516. The van der Waals surface area contributed by atoms with Crippen LogP contribution in [0.15, 0.2) is 19.6 Å². The van der Waals surface area contributed by atoms with E-state index in [1.807, 2.05) is 0 Å². The molecule has 0 aromatic heterocycles. The Balaban J connectivity index is 1.64. The molecule has 2 aromatic carbocycles. The van der Waals surface area contributed by atoms with Crippen LogP contribution in [0.2, 0.25) is 0 Å². The van der Waals surface area contributed by atoms with Gasteiger partial charge in [0, 0.05) is 53.7 Å². The number of fused-ring (bicyclic) bond motifs is 4. The zero-order chi connectivity index (χ0) is 34.1.